The first-order chi connectivity index (χ1) is 9.39. The fourth-order valence-electron chi connectivity index (χ4n) is 2.76. The summed E-state index contributed by atoms with van der Waals surface area (Å²) in [5.41, 5.74) is 8.57. The lowest BCUT2D eigenvalue weighted by Gasteiger charge is -2.25. The Morgan fingerprint density at radius 3 is 2.50 bits per heavy atom. The molecule has 0 aromatic heterocycles. The second-order valence-electron chi connectivity index (χ2n) is 6.73. The minimum atomic E-state index is -0.531. The van der Waals surface area contributed by atoms with Crippen LogP contribution in [0.4, 0.5) is 0 Å². The van der Waals surface area contributed by atoms with E-state index < -0.39 is 6.04 Å². The second-order valence-corrected chi connectivity index (χ2v) is 6.73. The maximum Gasteiger partial charge on any atom is 0.244 e. The summed E-state index contributed by atoms with van der Waals surface area (Å²) in [6.07, 6.45) is 3.30. The Hall–Kier alpha value is -1.35. The van der Waals surface area contributed by atoms with Crippen molar-refractivity contribution in [3.63, 3.8) is 0 Å². The van der Waals surface area contributed by atoms with E-state index in [-0.39, 0.29) is 5.91 Å². The Balaban J connectivity index is 2.05. The molecule has 1 aliphatic rings. The molecule has 2 rings (SSSR count). The molecule has 110 valence electrons. The molecule has 3 heteroatoms. The van der Waals surface area contributed by atoms with Crippen LogP contribution in [0.25, 0.3) is 0 Å². The summed E-state index contributed by atoms with van der Waals surface area (Å²) in [4.78, 5) is 14.5. The van der Waals surface area contributed by atoms with Crippen molar-refractivity contribution in [1.82, 2.24) is 4.90 Å². The highest BCUT2D eigenvalue weighted by atomic mass is 16.2. The van der Waals surface area contributed by atoms with Crippen LogP contribution >= 0.6 is 0 Å². The first-order valence-electron chi connectivity index (χ1n) is 7.50. The lowest BCUT2D eigenvalue weighted by Crippen LogP contribution is -2.39. The van der Waals surface area contributed by atoms with Crippen molar-refractivity contribution in [2.75, 3.05) is 13.1 Å². The van der Waals surface area contributed by atoms with E-state index in [0.717, 1.165) is 31.5 Å². The van der Waals surface area contributed by atoms with Gasteiger partial charge in [-0.1, -0.05) is 43.7 Å². The van der Waals surface area contributed by atoms with Gasteiger partial charge in [-0.25, -0.2) is 0 Å². The van der Waals surface area contributed by atoms with E-state index in [1.165, 1.54) is 12.0 Å². The SMILES string of the molecule is Cc1ccc(C(N)C(=O)N2CCCC(C)(C)CC2)cc1. The summed E-state index contributed by atoms with van der Waals surface area (Å²) in [6.45, 7) is 8.25. The van der Waals surface area contributed by atoms with Crippen molar-refractivity contribution in [2.45, 2.75) is 46.1 Å². The lowest BCUT2D eigenvalue weighted by molar-refractivity contribution is -0.132. The zero-order valence-electron chi connectivity index (χ0n) is 12.9. The van der Waals surface area contributed by atoms with Gasteiger partial charge in [0.2, 0.25) is 5.91 Å². The molecule has 1 atom stereocenters. The van der Waals surface area contributed by atoms with Gasteiger partial charge < -0.3 is 10.6 Å². The number of carbonyl (C=O) groups excluding carboxylic acids is 1. The van der Waals surface area contributed by atoms with Gasteiger partial charge >= 0.3 is 0 Å². The van der Waals surface area contributed by atoms with Crippen molar-refractivity contribution in [3.8, 4) is 0 Å². The average molecular weight is 274 g/mol. The Bertz CT molecular complexity index is 464. The molecule has 1 aliphatic heterocycles. The number of benzene rings is 1. The van der Waals surface area contributed by atoms with Gasteiger partial charge in [0.05, 0.1) is 0 Å². The van der Waals surface area contributed by atoms with E-state index in [0.29, 0.717) is 5.41 Å². The Morgan fingerprint density at radius 2 is 1.85 bits per heavy atom. The van der Waals surface area contributed by atoms with Gasteiger partial charge in [0.1, 0.15) is 6.04 Å². The molecule has 1 saturated heterocycles. The van der Waals surface area contributed by atoms with Crippen LogP contribution in [0.15, 0.2) is 24.3 Å². The number of hydrogen-bond donors (Lipinski definition) is 1. The minimum Gasteiger partial charge on any atom is -0.341 e. The van der Waals surface area contributed by atoms with Crippen molar-refractivity contribution >= 4 is 5.91 Å². The van der Waals surface area contributed by atoms with Crippen LogP contribution in [0.1, 0.15) is 50.3 Å². The van der Waals surface area contributed by atoms with Crippen LogP contribution in [0.2, 0.25) is 0 Å². The summed E-state index contributed by atoms with van der Waals surface area (Å²) < 4.78 is 0. The second kappa shape index (κ2) is 5.96. The first-order valence-corrected chi connectivity index (χ1v) is 7.50. The molecule has 1 amide bonds. The number of aryl methyl sites for hydroxylation is 1. The predicted octanol–water partition coefficient (Wildman–Crippen LogP) is 3.03. The van der Waals surface area contributed by atoms with Gasteiger partial charge in [-0.05, 0) is 37.2 Å². The fraction of sp³-hybridized carbons (Fsp3) is 0.588. The van der Waals surface area contributed by atoms with Crippen molar-refractivity contribution in [2.24, 2.45) is 11.1 Å². The lowest BCUT2D eigenvalue weighted by atomic mass is 9.85. The van der Waals surface area contributed by atoms with Crippen LogP contribution in [-0.4, -0.2) is 23.9 Å². The molecule has 2 N–H and O–H groups in total. The largest absolute Gasteiger partial charge is 0.341 e. The average Bonchev–Trinajstić information content (AvgIpc) is 2.59. The molecule has 1 unspecified atom stereocenters. The van der Waals surface area contributed by atoms with Crippen LogP contribution < -0.4 is 5.73 Å². The van der Waals surface area contributed by atoms with E-state index in [1.54, 1.807) is 0 Å². The summed E-state index contributed by atoms with van der Waals surface area (Å²) >= 11 is 0. The minimum absolute atomic E-state index is 0.0616. The van der Waals surface area contributed by atoms with Gasteiger partial charge in [-0.3, -0.25) is 4.79 Å². The number of nitrogens with zero attached hydrogens (tertiary/aromatic N) is 1. The van der Waals surface area contributed by atoms with E-state index in [2.05, 4.69) is 13.8 Å². The normalized spacial score (nSPS) is 20.3. The molecular formula is C17H26N2O. The van der Waals surface area contributed by atoms with Crippen LogP contribution in [0.3, 0.4) is 0 Å². The smallest absolute Gasteiger partial charge is 0.244 e. The van der Waals surface area contributed by atoms with Gasteiger partial charge in [0.15, 0.2) is 0 Å². The molecule has 0 aliphatic carbocycles. The Kier molecular flexibility index (Phi) is 4.48. The molecule has 20 heavy (non-hydrogen) atoms. The van der Waals surface area contributed by atoms with Gasteiger partial charge in [-0.2, -0.15) is 0 Å². The van der Waals surface area contributed by atoms with Crippen molar-refractivity contribution in [3.05, 3.63) is 35.4 Å². The molecule has 0 saturated carbocycles. The number of likely N-dealkylation sites (tertiary alicyclic amines) is 1. The zero-order valence-corrected chi connectivity index (χ0v) is 12.9. The monoisotopic (exact) mass is 274 g/mol. The quantitative estimate of drug-likeness (QED) is 0.901. The van der Waals surface area contributed by atoms with Gasteiger partial charge in [0.25, 0.3) is 0 Å². The van der Waals surface area contributed by atoms with E-state index in [1.807, 2.05) is 36.1 Å². The van der Waals surface area contributed by atoms with Crippen LogP contribution in [-0.2, 0) is 4.79 Å². The molecule has 1 fully saturated rings. The predicted molar refractivity (Wildman–Crippen MR) is 82.3 cm³/mol. The maximum absolute atomic E-state index is 12.5. The fourth-order valence-corrected chi connectivity index (χ4v) is 2.76. The van der Waals surface area contributed by atoms with E-state index in [4.69, 9.17) is 5.73 Å². The summed E-state index contributed by atoms with van der Waals surface area (Å²) in [5, 5.41) is 0. The molecule has 1 aromatic carbocycles. The number of hydrogen-bond acceptors (Lipinski definition) is 2. The third-order valence-corrected chi connectivity index (χ3v) is 4.35. The highest BCUT2D eigenvalue weighted by molar-refractivity contribution is 5.83. The zero-order chi connectivity index (χ0) is 14.8. The third kappa shape index (κ3) is 3.60. The number of rotatable bonds is 2. The summed E-state index contributed by atoms with van der Waals surface area (Å²) in [5.74, 6) is 0.0616. The van der Waals surface area contributed by atoms with E-state index >= 15 is 0 Å². The highest BCUT2D eigenvalue weighted by Gasteiger charge is 2.28. The van der Waals surface area contributed by atoms with Crippen LogP contribution in [0.5, 0.6) is 0 Å². The molecule has 0 radical (unpaired) electrons. The van der Waals surface area contributed by atoms with Crippen LogP contribution in [0, 0.1) is 12.3 Å². The molecule has 0 spiro atoms. The highest BCUT2D eigenvalue weighted by Crippen LogP contribution is 2.30. The Labute approximate surface area is 122 Å². The molecule has 3 nitrogen and oxygen atoms in total. The number of amides is 1. The first kappa shape index (κ1) is 15.0. The topological polar surface area (TPSA) is 46.3 Å². The Morgan fingerprint density at radius 1 is 1.20 bits per heavy atom. The third-order valence-electron chi connectivity index (χ3n) is 4.35. The van der Waals surface area contributed by atoms with Crippen molar-refractivity contribution < 1.29 is 4.79 Å². The molecule has 0 bridgehead atoms. The molecule has 1 heterocycles. The number of nitrogens with two attached hydrogens (primary N) is 1. The standard InChI is InChI=1S/C17H26N2O/c1-13-5-7-14(8-6-13)15(18)16(20)19-11-4-9-17(2,3)10-12-19/h5-8,15H,4,9-12,18H2,1-3H3. The summed E-state index contributed by atoms with van der Waals surface area (Å²) in [7, 11) is 0. The van der Waals surface area contributed by atoms with E-state index in [9.17, 15) is 4.79 Å². The summed E-state index contributed by atoms with van der Waals surface area (Å²) in [6, 6.07) is 7.40. The molecular weight excluding hydrogens is 248 g/mol. The van der Waals surface area contributed by atoms with Gasteiger partial charge in [0, 0.05) is 13.1 Å². The number of carbonyl (C=O) groups is 1. The maximum atomic E-state index is 12.5. The van der Waals surface area contributed by atoms with Crippen molar-refractivity contribution in [1.29, 1.82) is 0 Å². The molecule has 1 aromatic rings. The van der Waals surface area contributed by atoms with Gasteiger partial charge in [-0.15, -0.1) is 0 Å².